The van der Waals surface area contributed by atoms with Crippen molar-refractivity contribution in [1.29, 1.82) is 0 Å². The molecule has 0 unspecified atom stereocenters. The molecule has 3 N–H and O–H groups in total. The lowest BCUT2D eigenvalue weighted by molar-refractivity contribution is -0.131. The van der Waals surface area contributed by atoms with E-state index in [1.165, 1.54) is 0 Å². The molecule has 0 saturated carbocycles. The highest BCUT2D eigenvalue weighted by molar-refractivity contribution is 5.77. The average Bonchev–Trinajstić information content (AvgIpc) is 2.96. The van der Waals surface area contributed by atoms with Gasteiger partial charge in [0, 0.05) is 38.4 Å². The maximum atomic E-state index is 12.4. The number of aliphatic hydroxyl groups is 2. The van der Waals surface area contributed by atoms with E-state index in [1.807, 2.05) is 42.5 Å². The molecular weight excluding hydrogens is 330 g/mol. The molecular formula is C20H25N3O3. The summed E-state index contributed by atoms with van der Waals surface area (Å²) in [6.07, 6.45) is 3.53. The molecule has 1 aromatic carbocycles. The number of nitrogens with zero attached hydrogens (tertiary/aromatic N) is 2. The summed E-state index contributed by atoms with van der Waals surface area (Å²) in [5.41, 5.74) is 0.776. The fourth-order valence-corrected chi connectivity index (χ4v) is 3.22. The Kier molecular flexibility index (Phi) is 5.98. The molecule has 0 aliphatic carbocycles. The van der Waals surface area contributed by atoms with Crippen molar-refractivity contribution in [2.75, 3.05) is 19.6 Å². The molecule has 1 saturated heterocycles. The van der Waals surface area contributed by atoms with Crippen molar-refractivity contribution in [2.45, 2.75) is 31.1 Å². The Morgan fingerprint density at radius 3 is 2.73 bits per heavy atom. The number of hydrogen-bond acceptors (Lipinski definition) is 5. The lowest BCUT2D eigenvalue weighted by Crippen LogP contribution is -2.50. The normalized spacial score (nSPS) is 22.5. The topological polar surface area (TPSA) is 85.7 Å². The number of rotatable bonds is 7. The van der Waals surface area contributed by atoms with Gasteiger partial charge in [0.1, 0.15) is 11.7 Å². The van der Waals surface area contributed by atoms with Gasteiger partial charge < -0.3 is 20.4 Å². The van der Waals surface area contributed by atoms with Crippen LogP contribution in [0.5, 0.6) is 0 Å². The molecule has 1 aliphatic heterocycles. The number of carbonyl (C=O) groups is 1. The van der Waals surface area contributed by atoms with Gasteiger partial charge >= 0.3 is 0 Å². The zero-order valence-electron chi connectivity index (χ0n) is 14.7. The lowest BCUT2D eigenvalue weighted by atomic mass is 10.0. The van der Waals surface area contributed by atoms with Gasteiger partial charge in [-0.3, -0.25) is 9.78 Å². The highest BCUT2D eigenvalue weighted by Gasteiger charge is 2.45. The number of likely N-dealkylation sites (tertiary alicyclic amines) is 1. The number of carbonyl (C=O) groups excluding carboxylic acids is 1. The summed E-state index contributed by atoms with van der Waals surface area (Å²) in [4.78, 5) is 18.0. The maximum Gasteiger partial charge on any atom is 0.223 e. The van der Waals surface area contributed by atoms with Crippen molar-refractivity contribution in [3.63, 3.8) is 0 Å². The Morgan fingerprint density at radius 1 is 1.23 bits per heavy atom. The zero-order valence-corrected chi connectivity index (χ0v) is 14.7. The van der Waals surface area contributed by atoms with E-state index in [0.717, 1.165) is 11.1 Å². The quantitative estimate of drug-likeness (QED) is 0.682. The van der Waals surface area contributed by atoms with E-state index in [0.29, 0.717) is 19.4 Å². The molecule has 6 heteroatoms. The third-order valence-corrected chi connectivity index (χ3v) is 4.78. The molecule has 0 radical (unpaired) electrons. The van der Waals surface area contributed by atoms with Crippen molar-refractivity contribution in [3.8, 4) is 0 Å². The van der Waals surface area contributed by atoms with E-state index >= 15 is 0 Å². The first-order valence-corrected chi connectivity index (χ1v) is 8.88. The van der Waals surface area contributed by atoms with Gasteiger partial charge in [-0.2, -0.15) is 0 Å². The lowest BCUT2D eigenvalue weighted by Gasteiger charge is -2.26. The van der Waals surface area contributed by atoms with Gasteiger partial charge in [-0.1, -0.05) is 36.4 Å². The summed E-state index contributed by atoms with van der Waals surface area (Å²) < 4.78 is 0. The minimum absolute atomic E-state index is 0.0453. The van der Waals surface area contributed by atoms with Gasteiger partial charge in [-0.15, -0.1) is 0 Å². The number of nitrogens with one attached hydrogen (secondary N) is 1. The van der Waals surface area contributed by atoms with Crippen LogP contribution in [-0.4, -0.2) is 57.3 Å². The van der Waals surface area contributed by atoms with Crippen LogP contribution in [0.1, 0.15) is 17.5 Å². The molecule has 2 heterocycles. The summed E-state index contributed by atoms with van der Waals surface area (Å²) in [6, 6.07) is 13.6. The van der Waals surface area contributed by atoms with Crippen molar-refractivity contribution in [1.82, 2.24) is 15.2 Å². The number of hydrogen-bond donors (Lipinski definition) is 3. The molecule has 1 fully saturated rings. The van der Waals surface area contributed by atoms with E-state index in [4.69, 9.17) is 0 Å². The number of amides is 1. The summed E-state index contributed by atoms with van der Waals surface area (Å²) in [6.45, 7) is 1.07. The van der Waals surface area contributed by atoms with Crippen LogP contribution in [0.15, 0.2) is 54.9 Å². The van der Waals surface area contributed by atoms with Gasteiger partial charge in [-0.05, 0) is 23.6 Å². The van der Waals surface area contributed by atoms with Gasteiger partial charge in [0.25, 0.3) is 0 Å². The van der Waals surface area contributed by atoms with E-state index in [9.17, 15) is 15.0 Å². The fourth-order valence-electron chi connectivity index (χ4n) is 3.22. The third-order valence-electron chi connectivity index (χ3n) is 4.78. The fraction of sp³-hybridized carbons (Fsp3) is 0.400. The van der Waals surface area contributed by atoms with Crippen LogP contribution in [0.4, 0.5) is 0 Å². The standard InChI is InChI=1S/C20H25N3O3/c24-18-13-23(19(25)9-8-16-5-2-1-3-6-16)15-20(18,26)14-22-12-17-7-4-10-21-11-17/h1-7,10-11,18,22,24,26H,8-9,12-15H2/t18-,20+/m1/s1. The number of pyridine rings is 1. The first-order chi connectivity index (χ1) is 12.6. The maximum absolute atomic E-state index is 12.4. The van der Waals surface area contributed by atoms with E-state index in [-0.39, 0.29) is 25.5 Å². The molecule has 1 aliphatic rings. The summed E-state index contributed by atoms with van der Waals surface area (Å²) in [5, 5.41) is 24.1. The monoisotopic (exact) mass is 355 g/mol. The Labute approximate surface area is 153 Å². The van der Waals surface area contributed by atoms with E-state index in [2.05, 4.69) is 10.3 Å². The molecule has 138 valence electrons. The molecule has 26 heavy (non-hydrogen) atoms. The highest BCUT2D eigenvalue weighted by Crippen LogP contribution is 2.22. The minimum Gasteiger partial charge on any atom is -0.388 e. The number of aliphatic hydroxyl groups excluding tert-OH is 1. The molecule has 2 aromatic rings. The molecule has 0 bridgehead atoms. The van der Waals surface area contributed by atoms with Crippen molar-refractivity contribution >= 4 is 5.91 Å². The highest BCUT2D eigenvalue weighted by atomic mass is 16.3. The van der Waals surface area contributed by atoms with Crippen LogP contribution >= 0.6 is 0 Å². The second-order valence-corrected chi connectivity index (χ2v) is 6.84. The molecule has 1 aromatic heterocycles. The molecule has 1 amide bonds. The summed E-state index contributed by atoms with van der Waals surface area (Å²) in [5.74, 6) is -0.0453. The van der Waals surface area contributed by atoms with Crippen molar-refractivity contribution in [3.05, 3.63) is 66.0 Å². The molecule has 0 spiro atoms. The average molecular weight is 355 g/mol. The minimum atomic E-state index is -1.33. The van der Waals surface area contributed by atoms with Gasteiger partial charge in [-0.25, -0.2) is 0 Å². The Hall–Kier alpha value is -2.28. The predicted octanol–water partition coefficient (Wildman–Crippen LogP) is 0.738. The smallest absolute Gasteiger partial charge is 0.223 e. The number of benzene rings is 1. The van der Waals surface area contributed by atoms with Gasteiger partial charge in [0.2, 0.25) is 5.91 Å². The van der Waals surface area contributed by atoms with Gasteiger partial charge in [0.05, 0.1) is 6.54 Å². The van der Waals surface area contributed by atoms with E-state index < -0.39 is 11.7 Å². The van der Waals surface area contributed by atoms with Crippen LogP contribution in [0.3, 0.4) is 0 Å². The first kappa shape index (κ1) is 18.5. The van der Waals surface area contributed by atoms with Crippen molar-refractivity contribution < 1.29 is 15.0 Å². The summed E-state index contributed by atoms with van der Waals surface area (Å²) in [7, 11) is 0. The molecule has 3 rings (SSSR count). The van der Waals surface area contributed by atoms with Crippen LogP contribution in [0.2, 0.25) is 0 Å². The predicted molar refractivity (Wildman–Crippen MR) is 98.2 cm³/mol. The number of β-amino-alcohol motifs (C(OH)–C–C–N with tert-alkyl or cyclic N) is 2. The Bertz CT molecular complexity index is 711. The van der Waals surface area contributed by atoms with Crippen LogP contribution < -0.4 is 5.32 Å². The van der Waals surface area contributed by atoms with Crippen LogP contribution in [-0.2, 0) is 17.8 Å². The second kappa shape index (κ2) is 8.40. The second-order valence-electron chi connectivity index (χ2n) is 6.84. The third kappa shape index (κ3) is 4.66. The van der Waals surface area contributed by atoms with E-state index in [1.54, 1.807) is 17.3 Å². The molecule has 2 atom stereocenters. The van der Waals surface area contributed by atoms with Crippen molar-refractivity contribution in [2.24, 2.45) is 0 Å². The number of aryl methyl sites for hydroxylation is 1. The Morgan fingerprint density at radius 2 is 2.00 bits per heavy atom. The van der Waals surface area contributed by atoms with Crippen LogP contribution in [0, 0.1) is 0 Å². The SMILES string of the molecule is O=C(CCc1ccccc1)N1C[C@@H](O)[C@](O)(CNCc2cccnc2)C1. The zero-order chi connectivity index (χ0) is 18.4. The number of aromatic nitrogens is 1. The summed E-state index contributed by atoms with van der Waals surface area (Å²) >= 11 is 0. The van der Waals surface area contributed by atoms with Gasteiger partial charge in [0.15, 0.2) is 0 Å². The first-order valence-electron chi connectivity index (χ1n) is 8.88. The largest absolute Gasteiger partial charge is 0.388 e. The Balaban J connectivity index is 1.48. The molecule has 6 nitrogen and oxygen atoms in total. The van der Waals surface area contributed by atoms with Crippen LogP contribution in [0.25, 0.3) is 0 Å².